The van der Waals surface area contributed by atoms with Crippen molar-refractivity contribution in [1.29, 1.82) is 0 Å². The van der Waals surface area contributed by atoms with Gasteiger partial charge in [-0.05, 0) is 81.7 Å². The normalized spacial score (nSPS) is 42.4. The zero-order valence-electron chi connectivity index (χ0n) is 20.7. The molecule has 3 saturated heterocycles. The van der Waals surface area contributed by atoms with Crippen LogP contribution in [0.2, 0.25) is 0 Å². The highest BCUT2D eigenvalue weighted by Gasteiger charge is 2.45. The molecule has 32 heavy (non-hydrogen) atoms. The predicted octanol–water partition coefficient (Wildman–Crippen LogP) is 1.91. The van der Waals surface area contributed by atoms with Crippen LogP contribution in [0.4, 0.5) is 0 Å². The first-order valence-corrected chi connectivity index (χ1v) is 13.7. The first-order chi connectivity index (χ1) is 15.5. The van der Waals surface area contributed by atoms with Gasteiger partial charge in [0, 0.05) is 50.8 Å². The maximum atomic E-state index is 13.3. The van der Waals surface area contributed by atoms with Gasteiger partial charge in [-0.1, -0.05) is 20.3 Å². The molecule has 3 N–H and O–H groups in total. The topological polar surface area (TPSA) is 59.6 Å². The molecule has 0 bridgehead atoms. The summed E-state index contributed by atoms with van der Waals surface area (Å²) in [6, 6.07) is 1.32. The molecule has 5 aliphatic rings. The van der Waals surface area contributed by atoms with Gasteiger partial charge in [0.1, 0.15) is 0 Å². The Morgan fingerprint density at radius 2 is 1.81 bits per heavy atom. The van der Waals surface area contributed by atoms with Crippen LogP contribution in [-0.4, -0.2) is 86.2 Å². The summed E-state index contributed by atoms with van der Waals surface area (Å²) >= 11 is 0. The van der Waals surface area contributed by atoms with E-state index < -0.39 is 0 Å². The molecule has 3 heterocycles. The number of fused-ring (bicyclic) bond motifs is 1. The molecule has 8 atom stereocenters. The van der Waals surface area contributed by atoms with E-state index in [1.807, 2.05) is 0 Å². The van der Waals surface area contributed by atoms with Crippen molar-refractivity contribution in [2.24, 2.45) is 29.6 Å². The molecular formula is C26H47N5O. The molecule has 6 nitrogen and oxygen atoms in total. The Labute approximate surface area is 195 Å². The van der Waals surface area contributed by atoms with Crippen molar-refractivity contribution in [3.8, 4) is 0 Å². The Morgan fingerprint density at radius 1 is 1.03 bits per heavy atom. The third kappa shape index (κ3) is 5.18. The first kappa shape index (κ1) is 23.1. The molecule has 0 radical (unpaired) electrons. The van der Waals surface area contributed by atoms with Gasteiger partial charge in [-0.15, -0.1) is 0 Å². The molecule has 2 aliphatic carbocycles. The number of hydrogen-bond acceptors (Lipinski definition) is 5. The SMILES string of the molecule is CC1CCCC2CC(C(=O)NC(C3CC3)C3NCC(CN4CCN(C)CC4)CC3C)NC12. The maximum Gasteiger partial charge on any atom is 0.237 e. The van der Waals surface area contributed by atoms with Gasteiger partial charge >= 0.3 is 0 Å². The average molecular weight is 446 g/mol. The van der Waals surface area contributed by atoms with Crippen LogP contribution in [-0.2, 0) is 4.79 Å². The zero-order valence-corrected chi connectivity index (χ0v) is 20.7. The van der Waals surface area contributed by atoms with E-state index in [9.17, 15) is 4.79 Å². The second kappa shape index (κ2) is 9.89. The smallest absolute Gasteiger partial charge is 0.237 e. The number of amides is 1. The second-order valence-corrected chi connectivity index (χ2v) is 12.1. The van der Waals surface area contributed by atoms with Gasteiger partial charge in [0.2, 0.25) is 5.91 Å². The van der Waals surface area contributed by atoms with Crippen LogP contribution in [0.5, 0.6) is 0 Å². The molecular weight excluding hydrogens is 398 g/mol. The molecule has 2 saturated carbocycles. The Morgan fingerprint density at radius 3 is 2.50 bits per heavy atom. The fraction of sp³-hybridized carbons (Fsp3) is 0.962. The molecule has 1 amide bonds. The molecule has 5 rings (SSSR count). The van der Waals surface area contributed by atoms with E-state index in [1.54, 1.807) is 0 Å². The standard InChI is InChI=1S/C26H47N5O/c1-17-5-4-6-21-14-22(28-23(17)21)26(32)29-25(20-7-8-20)24-18(2)13-19(15-27-24)16-31-11-9-30(3)10-12-31/h17-25,27-28H,4-16H2,1-3H3,(H,29,32). The number of piperidine rings is 1. The first-order valence-electron chi connectivity index (χ1n) is 13.7. The summed E-state index contributed by atoms with van der Waals surface area (Å²) in [6.45, 7) is 11.9. The largest absolute Gasteiger partial charge is 0.350 e. The molecule has 0 aromatic heterocycles. The summed E-state index contributed by atoms with van der Waals surface area (Å²) in [5.74, 6) is 3.72. The van der Waals surface area contributed by atoms with Crippen LogP contribution >= 0.6 is 0 Å². The summed E-state index contributed by atoms with van der Waals surface area (Å²) in [6.07, 6.45) is 8.83. The van der Waals surface area contributed by atoms with Gasteiger partial charge in [0.25, 0.3) is 0 Å². The Bertz CT molecular complexity index is 646. The molecule has 0 spiro atoms. The van der Waals surface area contributed by atoms with Gasteiger partial charge in [0.05, 0.1) is 6.04 Å². The van der Waals surface area contributed by atoms with Gasteiger partial charge in [-0.2, -0.15) is 0 Å². The summed E-state index contributed by atoms with van der Waals surface area (Å²) in [5, 5.41) is 11.2. The second-order valence-electron chi connectivity index (χ2n) is 12.1. The molecule has 8 unspecified atom stereocenters. The Kier molecular flexibility index (Phi) is 7.13. The lowest BCUT2D eigenvalue weighted by molar-refractivity contribution is -0.124. The maximum absolute atomic E-state index is 13.3. The van der Waals surface area contributed by atoms with E-state index in [-0.39, 0.29) is 11.9 Å². The predicted molar refractivity (Wildman–Crippen MR) is 129 cm³/mol. The molecule has 0 aromatic carbocycles. The number of likely N-dealkylation sites (N-methyl/N-ethyl adjacent to an activating group) is 1. The van der Waals surface area contributed by atoms with Crippen molar-refractivity contribution >= 4 is 5.91 Å². The van der Waals surface area contributed by atoms with Gasteiger partial charge in [0.15, 0.2) is 0 Å². The summed E-state index contributed by atoms with van der Waals surface area (Å²) in [5.41, 5.74) is 0. The third-order valence-corrected chi connectivity index (χ3v) is 9.50. The summed E-state index contributed by atoms with van der Waals surface area (Å²) in [7, 11) is 2.23. The minimum Gasteiger partial charge on any atom is -0.350 e. The molecule has 182 valence electrons. The van der Waals surface area contributed by atoms with Gasteiger partial charge in [-0.25, -0.2) is 0 Å². The van der Waals surface area contributed by atoms with Crippen molar-refractivity contribution in [1.82, 2.24) is 25.8 Å². The van der Waals surface area contributed by atoms with Gasteiger partial charge < -0.3 is 25.8 Å². The Balaban J connectivity index is 1.14. The van der Waals surface area contributed by atoms with E-state index in [0.29, 0.717) is 41.8 Å². The van der Waals surface area contributed by atoms with E-state index >= 15 is 0 Å². The van der Waals surface area contributed by atoms with Crippen LogP contribution in [0.1, 0.15) is 58.8 Å². The minimum absolute atomic E-state index is 0.0238. The number of hydrogen-bond donors (Lipinski definition) is 3. The van der Waals surface area contributed by atoms with Crippen molar-refractivity contribution in [2.75, 3.05) is 46.3 Å². The van der Waals surface area contributed by atoms with Crippen molar-refractivity contribution in [2.45, 2.75) is 83.0 Å². The number of piperazine rings is 1. The van der Waals surface area contributed by atoms with E-state index in [1.165, 1.54) is 71.2 Å². The van der Waals surface area contributed by atoms with Crippen molar-refractivity contribution in [3.63, 3.8) is 0 Å². The number of rotatable bonds is 6. The van der Waals surface area contributed by atoms with Crippen LogP contribution in [0, 0.1) is 29.6 Å². The van der Waals surface area contributed by atoms with E-state index in [4.69, 9.17) is 0 Å². The number of nitrogens with one attached hydrogen (secondary N) is 3. The number of carbonyl (C=O) groups excluding carboxylic acids is 1. The Hall–Kier alpha value is -0.690. The highest BCUT2D eigenvalue weighted by Crippen LogP contribution is 2.39. The van der Waals surface area contributed by atoms with Crippen LogP contribution < -0.4 is 16.0 Å². The lowest BCUT2D eigenvalue weighted by Gasteiger charge is -2.42. The fourth-order valence-electron chi connectivity index (χ4n) is 7.37. The van der Waals surface area contributed by atoms with Crippen LogP contribution in [0.25, 0.3) is 0 Å². The highest BCUT2D eigenvalue weighted by molar-refractivity contribution is 5.82. The van der Waals surface area contributed by atoms with Crippen molar-refractivity contribution < 1.29 is 4.79 Å². The van der Waals surface area contributed by atoms with Crippen molar-refractivity contribution in [3.05, 3.63) is 0 Å². The molecule has 5 fully saturated rings. The monoisotopic (exact) mass is 445 g/mol. The lowest BCUT2D eigenvalue weighted by atomic mass is 9.78. The molecule has 3 aliphatic heterocycles. The molecule has 0 aromatic rings. The van der Waals surface area contributed by atoms with Crippen LogP contribution in [0.3, 0.4) is 0 Å². The minimum atomic E-state index is 0.0238. The molecule has 6 heteroatoms. The third-order valence-electron chi connectivity index (χ3n) is 9.50. The van der Waals surface area contributed by atoms with Crippen LogP contribution in [0.15, 0.2) is 0 Å². The average Bonchev–Trinajstić information content (AvgIpc) is 3.52. The number of carbonyl (C=O) groups is 1. The van der Waals surface area contributed by atoms with E-state index in [0.717, 1.165) is 18.9 Å². The fourth-order valence-corrected chi connectivity index (χ4v) is 7.37. The van der Waals surface area contributed by atoms with E-state index in [2.05, 4.69) is 46.6 Å². The lowest BCUT2D eigenvalue weighted by Crippen LogP contribution is -2.60. The van der Waals surface area contributed by atoms with Gasteiger partial charge in [-0.3, -0.25) is 4.79 Å². The highest BCUT2D eigenvalue weighted by atomic mass is 16.2. The summed E-state index contributed by atoms with van der Waals surface area (Å²) in [4.78, 5) is 18.4. The zero-order chi connectivity index (χ0) is 22.2. The number of nitrogens with zero attached hydrogens (tertiary/aromatic N) is 2. The quantitative estimate of drug-likeness (QED) is 0.583. The summed E-state index contributed by atoms with van der Waals surface area (Å²) < 4.78 is 0.